The summed E-state index contributed by atoms with van der Waals surface area (Å²) >= 11 is 0. The molecule has 1 heterocycles. The number of aryl methyl sites for hydroxylation is 1. The molecule has 0 fully saturated rings. The Labute approximate surface area is 367 Å². The second kappa shape index (κ2) is 14.7. The number of nitrogens with one attached hydrogen (secondary N) is 1. The molecule has 1 aliphatic heterocycles. The standard InChI is InChI=1S/C59H51BN2/c1-38-32-50-51(59(4,5)31-30-58(50,2)3)37-53(38)62-54-35-44-22-13-12-21-43(44)34-52(54)60-56-49(33-45(36-55(56)62)40-18-10-7-11-19-40)48-29-26-42-20-14-15-23-47(42)57(48)61-46-27-24-41(25-28-46)39-16-8-6-9-17-39/h6-29,32-37,60-61H,30-31H2,1-5H3. The first-order chi connectivity index (χ1) is 30.1. The molecular weight excluding hydrogens is 747 g/mol. The van der Waals surface area contributed by atoms with Gasteiger partial charge >= 0.3 is 0 Å². The Hall–Kier alpha value is -6.84. The Morgan fingerprint density at radius 2 is 1.05 bits per heavy atom. The molecule has 9 aromatic rings. The molecule has 9 aromatic carbocycles. The fourth-order valence-corrected chi connectivity index (χ4v) is 10.4. The van der Waals surface area contributed by atoms with Crippen molar-refractivity contribution in [1.29, 1.82) is 0 Å². The lowest BCUT2D eigenvalue weighted by Crippen LogP contribution is -2.41. The maximum absolute atomic E-state index is 3.99. The number of nitrogens with zero attached hydrogens (tertiary/aromatic N) is 1. The molecule has 1 aliphatic carbocycles. The summed E-state index contributed by atoms with van der Waals surface area (Å²) in [7, 11) is 0.816. The number of rotatable bonds is 6. The second-order valence-electron chi connectivity index (χ2n) is 19.0. The lowest BCUT2D eigenvalue weighted by Gasteiger charge is -2.44. The van der Waals surface area contributed by atoms with Crippen LogP contribution in [0.3, 0.4) is 0 Å². The maximum atomic E-state index is 3.99. The quantitative estimate of drug-likeness (QED) is 0.169. The Kier molecular flexibility index (Phi) is 9.02. The normalized spacial score (nSPS) is 14.8. The summed E-state index contributed by atoms with van der Waals surface area (Å²) in [6.45, 7) is 12.1. The zero-order valence-electron chi connectivity index (χ0n) is 36.4. The molecule has 0 amide bonds. The fourth-order valence-electron chi connectivity index (χ4n) is 10.4. The van der Waals surface area contributed by atoms with Crippen molar-refractivity contribution in [2.24, 2.45) is 0 Å². The minimum atomic E-state index is 0.0696. The molecule has 2 nitrogen and oxygen atoms in total. The van der Waals surface area contributed by atoms with Crippen molar-refractivity contribution in [3.05, 3.63) is 199 Å². The summed E-state index contributed by atoms with van der Waals surface area (Å²) in [5, 5.41) is 8.93. The van der Waals surface area contributed by atoms with E-state index in [0.717, 1.165) is 18.7 Å². The van der Waals surface area contributed by atoms with Crippen LogP contribution in [0.15, 0.2) is 182 Å². The summed E-state index contributed by atoms with van der Waals surface area (Å²) in [4.78, 5) is 2.63. The van der Waals surface area contributed by atoms with Gasteiger partial charge in [-0.3, -0.25) is 0 Å². The minimum Gasteiger partial charge on any atom is -0.355 e. The topological polar surface area (TPSA) is 15.3 Å². The van der Waals surface area contributed by atoms with E-state index in [4.69, 9.17) is 0 Å². The Bertz CT molecular complexity index is 3180. The van der Waals surface area contributed by atoms with Crippen LogP contribution >= 0.6 is 0 Å². The molecule has 0 spiro atoms. The van der Waals surface area contributed by atoms with Gasteiger partial charge in [0.2, 0.25) is 0 Å². The largest absolute Gasteiger partial charge is 0.355 e. The van der Waals surface area contributed by atoms with Crippen LogP contribution in [-0.2, 0) is 10.8 Å². The van der Waals surface area contributed by atoms with Crippen molar-refractivity contribution in [3.8, 4) is 33.4 Å². The Morgan fingerprint density at radius 3 is 1.74 bits per heavy atom. The van der Waals surface area contributed by atoms with Crippen LogP contribution < -0.4 is 21.1 Å². The third-order valence-corrected chi connectivity index (χ3v) is 14.0. The van der Waals surface area contributed by atoms with E-state index in [0.29, 0.717) is 0 Å². The molecule has 11 rings (SSSR count). The van der Waals surface area contributed by atoms with Gasteiger partial charge in [0.15, 0.2) is 7.28 Å². The molecule has 0 saturated heterocycles. The molecule has 3 heteroatoms. The average Bonchev–Trinajstić information content (AvgIpc) is 3.30. The predicted molar refractivity (Wildman–Crippen MR) is 269 cm³/mol. The van der Waals surface area contributed by atoms with Crippen LogP contribution in [0.4, 0.5) is 28.4 Å². The van der Waals surface area contributed by atoms with E-state index in [-0.39, 0.29) is 10.8 Å². The van der Waals surface area contributed by atoms with Crippen molar-refractivity contribution in [3.63, 3.8) is 0 Å². The Morgan fingerprint density at radius 1 is 0.468 bits per heavy atom. The molecule has 1 N–H and O–H groups in total. The number of hydrogen-bond donors (Lipinski definition) is 1. The lowest BCUT2D eigenvalue weighted by molar-refractivity contribution is 0.332. The highest BCUT2D eigenvalue weighted by molar-refractivity contribution is 6.73. The second-order valence-corrected chi connectivity index (χ2v) is 19.0. The fraction of sp³-hybridized carbons (Fsp3) is 0.153. The highest BCUT2D eigenvalue weighted by Gasteiger charge is 2.39. The van der Waals surface area contributed by atoms with Crippen LogP contribution in [0.25, 0.3) is 54.9 Å². The van der Waals surface area contributed by atoms with E-state index >= 15 is 0 Å². The van der Waals surface area contributed by atoms with Crippen LogP contribution in [0, 0.1) is 6.92 Å². The highest BCUT2D eigenvalue weighted by atomic mass is 15.2. The van der Waals surface area contributed by atoms with Gasteiger partial charge in [-0.25, -0.2) is 0 Å². The van der Waals surface area contributed by atoms with Gasteiger partial charge in [0.05, 0.1) is 5.69 Å². The van der Waals surface area contributed by atoms with Gasteiger partial charge in [0, 0.05) is 33.7 Å². The molecule has 0 saturated carbocycles. The number of hydrogen-bond acceptors (Lipinski definition) is 2. The summed E-state index contributed by atoms with van der Waals surface area (Å²) in [6, 6.07) is 67.7. The zero-order valence-corrected chi connectivity index (χ0v) is 36.4. The number of anilines is 5. The van der Waals surface area contributed by atoms with Crippen LogP contribution in [0.1, 0.15) is 57.2 Å². The van der Waals surface area contributed by atoms with Crippen molar-refractivity contribution in [1.82, 2.24) is 0 Å². The molecule has 0 radical (unpaired) electrons. The van der Waals surface area contributed by atoms with Crippen molar-refractivity contribution in [2.45, 2.75) is 58.3 Å². The molecule has 0 aromatic heterocycles. The zero-order chi connectivity index (χ0) is 42.2. The summed E-state index contributed by atoms with van der Waals surface area (Å²) in [5.74, 6) is 0. The van der Waals surface area contributed by atoms with Crippen molar-refractivity contribution in [2.75, 3.05) is 10.2 Å². The van der Waals surface area contributed by atoms with Gasteiger partial charge < -0.3 is 10.2 Å². The minimum absolute atomic E-state index is 0.0696. The Balaban J connectivity index is 1.18. The van der Waals surface area contributed by atoms with Crippen molar-refractivity contribution < 1.29 is 0 Å². The third-order valence-electron chi connectivity index (χ3n) is 14.0. The van der Waals surface area contributed by atoms with Gasteiger partial charge in [-0.2, -0.15) is 0 Å². The molecule has 300 valence electrons. The summed E-state index contributed by atoms with van der Waals surface area (Å²) in [6.07, 6.45) is 2.36. The van der Waals surface area contributed by atoms with Gasteiger partial charge in [0.1, 0.15) is 0 Å². The first kappa shape index (κ1) is 38.1. The molecule has 2 aliphatic rings. The van der Waals surface area contributed by atoms with E-state index in [1.165, 1.54) is 112 Å². The van der Waals surface area contributed by atoms with E-state index in [2.05, 4.69) is 227 Å². The number of fused-ring (bicyclic) bond motifs is 5. The van der Waals surface area contributed by atoms with Crippen molar-refractivity contribution >= 4 is 68.2 Å². The van der Waals surface area contributed by atoms with E-state index < -0.39 is 0 Å². The predicted octanol–water partition coefficient (Wildman–Crippen LogP) is 14.6. The van der Waals surface area contributed by atoms with Gasteiger partial charge in [-0.15, -0.1) is 0 Å². The van der Waals surface area contributed by atoms with Crippen LogP contribution in [0.2, 0.25) is 0 Å². The first-order valence-electron chi connectivity index (χ1n) is 22.3. The maximum Gasteiger partial charge on any atom is 0.198 e. The van der Waals surface area contributed by atoms with Crippen LogP contribution in [0.5, 0.6) is 0 Å². The molecule has 62 heavy (non-hydrogen) atoms. The number of benzene rings is 9. The van der Waals surface area contributed by atoms with E-state index in [1.807, 2.05) is 0 Å². The molecule has 0 unspecified atom stereocenters. The third kappa shape index (κ3) is 6.50. The lowest BCUT2D eigenvalue weighted by atomic mass is 9.57. The first-order valence-corrected chi connectivity index (χ1v) is 22.3. The van der Waals surface area contributed by atoms with Gasteiger partial charge in [0.25, 0.3) is 0 Å². The molecule has 0 bridgehead atoms. The molecular formula is C59H51BN2. The van der Waals surface area contributed by atoms with Crippen LogP contribution in [-0.4, -0.2) is 7.28 Å². The van der Waals surface area contributed by atoms with Gasteiger partial charge in [-0.05, 0) is 133 Å². The average molecular weight is 799 g/mol. The smallest absolute Gasteiger partial charge is 0.198 e. The SMILES string of the molecule is Cc1cc2c(cc1N1c3cc4ccccc4cc3Bc3c(-c4ccc5ccccc5c4Nc4ccc(-c5ccccc5)cc4)cc(-c4ccccc4)cc31)C(C)(C)CCC2(C)C. The van der Waals surface area contributed by atoms with Gasteiger partial charge in [-0.1, -0.05) is 179 Å². The monoisotopic (exact) mass is 798 g/mol. The summed E-state index contributed by atoms with van der Waals surface area (Å²) in [5.41, 5.74) is 20.4. The van der Waals surface area contributed by atoms with E-state index in [1.54, 1.807) is 0 Å². The summed E-state index contributed by atoms with van der Waals surface area (Å²) < 4.78 is 0. The highest BCUT2D eigenvalue weighted by Crippen LogP contribution is 2.50. The van der Waals surface area contributed by atoms with E-state index in [9.17, 15) is 0 Å². The molecule has 0 atom stereocenters.